The van der Waals surface area contributed by atoms with E-state index in [0.29, 0.717) is 36.1 Å². The standard InChI is InChI=1S/C27H34N6O5/c1-32-10-12-33(13-11-32)21-7-9-29-25(17-21)28-8-3-2-4-24-30-26(38-31-24)15-20(16-27(34)35)19-5-6-22-23(14-19)37-18-36-22/h5-7,9,14,17,20H,2-4,8,10-13,15-16,18H2,1H3,(H,28,29)(H,34,35). The summed E-state index contributed by atoms with van der Waals surface area (Å²) in [5.41, 5.74) is 2.05. The number of pyridine rings is 1. The van der Waals surface area contributed by atoms with Crippen LogP contribution in [0.2, 0.25) is 0 Å². The Balaban J connectivity index is 1.08. The molecular formula is C27H34N6O5. The number of benzene rings is 1. The molecule has 0 spiro atoms. The second-order valence-corrected chi connectivity index (χ2v) is 9.79. The second-order valence-electron chi connectivity index (χ2n) is 9.79. The van der Waals surface area contributed by atoms with Crippen molar-refractivity contribution in [2.75, 3.05) is 56.8 Å². The van der Waals surface area contributed by atoms with Gasteiger partial charge in [0.25, 0.3) is 0 Å². The predicted molar refractivity (Wildman–Crippen MR) is 141 cm³/mol. The molecule has 38 heavy (non-hydrogen) atoms. The summed E-state index contributed by atoms with van der Waals surface area (Å²) in [4.78, 5) is 25.2. The van der Waals surface area contributed by atoms with Crippen LogP contribution in [0, 0.1) is 0 Å². The predicted octanol–water partition coefficient (Wildman–Crippen LogP) is 3.18. The highest BCUT2D eigenvalue weighted by molar-refractivity contribution is 5.68. The number of hydrogen-bond acceptors (Lipinski definition) is 10. The van der Waals surface area contributed by atoms with Gasteiger partial charge < -0.3 is 34.2 Å². The molecule has 1 aromatic carbocycles. The minimum absolute atomic E-state index is 0.0485. The molecule has 2 aromatic heterocycles. The number of unbranched alkanes of at least 4 members (excludes halogenated alkanes) is 1. The van der Waals surface area contributed by atoms with E-state index in [1.54, 1.807) is 6.07 Å². The molecule has 0 bridgehead atoms. The molecule has 4 heterocycles. The summed E-state index contributed by atoms with van der Waals surface area (Å²) in [5.74, 6) is 2.05. The highest BCUT2D eigenvalue weighted by Gasteiger charge is 2.23. The van der Waals surface area contributed by atoms with E-state index in [-0.39, 0.29) is 19.1 Å². The summed E-state index contributed by atoms with van der Waals surface area (Å²) in [7, 11) is 2.16. The maximum absolute atomic E-state index is 11.5. The third kappa shape index (κ3) is 6.71. The largest absolute Gasteiger partial charge is 0.481 e. The number of carboxylic acid groups (broad SMARTS) is 1. The molecule has 11 heteroatoms. The first-order chi connectivity index (χ1) is 18.5. The van der Waals surface area contributed by atoms with Crippen molar-refractivity contribution in [3.63, 3.8) is 0 Å². The average molecular weight is 523 g/mol. The van der Waals surface area contributed by atoms with Gasteiger partial charge in [-0.2, -0.15) is 4.98 Å². The quantitative estimate of drug-likeness (QED) is 0.341. The van der Waals surface area contributed by atoms with Gasteiger partial charge in [-0.25, -0.2) is 4.98 Å². The molecule has 11 nitrogen and oxygen atoms in total. The number of carboxylic acids is 1. The number of aromatic nitrogens is 3. The fourth-order valence-electron chi connectivity index (χ4n) is 4.77. The molecule has 3 aromatic rings. The molecular weight excluding hydrogens is 488 g/mol. The Morgan fingerprint density at radius 3 is 2.79 bits per heavy atom. The van der Waals surface area contributed by atoms with Crippen molar-refractivity contribution in [3.05, 3.63) is 53.8 Å². The molecule has 2 aliphatic heterocycles. The normalized spacial score (nSPS) is 16.0. The van der Waals surface area contributed by atoms with E-state index in [1.165, 1.54) is 5.69 Å². The van der Waals surface area contributed by atoms with Gasteiger partial charge in [0.1, 0.15) is 5.82 Å². The number of aliphatic carboxylic acids is 1. The number of likely N-dealkylation sites (N-methyl/N-ethyl adjacent to an activating group) is 1. The molecule has 1 saturated heterocycles. The first-order valence-electron chi connectivity index (χ1n) is 13.1. The first-order valence-corrected chi connectivity index (χ1v) is 13.1. The first kappa shape index (κ1) is 25.8. The van der Waals surface area contributed by atoms with Gasteiger partial charge in [0.2, 0.25) is 12.7 Å². The number of nitrogens with zero attached hydrogens (tertiary/aromatic N) is 5. The van der Waals surface area contributed by atoms with Crippen molar-refractivity contribution >= 4 is 17.5 Å². The van der Waals surface area contributed by atoms with Crippen molar-refractivity contribution < 1.29 is 23.9 Å². The van der Waals surface area contributed by atoms with Crippen LogP contribution in [0.4, 0.5) is 11.5 Å². The zero-order valence-electron chi connectivity index (χ0n) is 21.6. The van der Waals surface area contributed by atoms with Gasteiger partial charge in [0.05, 0.1) is 6.42 Å². The lowest BCUT2D eigenvalue weighted by molar-refractivity contribution is -0.137. The van der Waals surface area contributed by atoms with Crippen LogP contribution in [0.3, 0.4) is 0 Å². The van der Waals surface area contributed by atoms with Crippen molar-refractivity contribution in [2.24, 2.45) is 0 Å². The van der Waals surface area contributed by atoms with Gasteiger partial charge in [0.15, 0.2) is 17.3 Å². The molecule has 1 unspecified atom stereocenters. The Bertz CT molecular complexity index is 1230. The van der Waals surface area contributed by atoms with Crippen molar-refractivity contribution in [2.45, 2.75) is 38.0 Å². The van der Waals surface area contributed by atoms with E-state index in [1.807, 2.05) is 18.3 Å². The lowest BCUT2D eigenvalue weighted by Gasteiger charge is -2.34. The molecule has 0 amide bonds. The third-order valence-electron chi connectivity index (χ3n) is 6.97. The van der Waals surface area contributed by atoms with E-state index in [4.69, 9.17) is 14.0 Å². The van der Waals surface area contributed by atoms with Gasteiger partial charge in [-0.1, -0.05) is 11.2 Å². The van der Waals surface area contributed by atoms with E-state index >= 15 is 0 Å². The Labute approximate surface area is 221 Å². The summed E-state index contributed by atoms with van der Waals surface area (Å²) in [6, 6.07) is 9.68. The van der Waals surface area contributed by atoms with Crippen LogP contribution in [0.5, 0.6) is 11.5 Å². The smallest absolute Gasteiger partial charge is 0.303 e. The van der Waals surface area contributed by atoms with Crippen LogP contribution in [-0.2, 0) is 17.6 Å². The number of rotatable bonds is 12. The molecule has 0 aliphatic carbocycles. The topological polar surface area (TPSA) is 126 Å². The summed E-state index contributed by atoms with van der Waals surface area (Å²) in [6.45, 7) is 5.17. The Hall–Kier alpha value is -3.86. The number of carbonyl (C=O) groups is 1. The maximum Gasteiger partial charge on any atom is 0.303 e. The molecule has 5 rings (SSSR count). The number of hydrogen-bond donors (Lipinski definition) is 2. The fourth-order valence-corrected chi connectivity index (χ4v) is 4.77. The second kappa shape index (κ2) is 12.1. The SMILES string of the molecule is CN1CCN(c2ccnc(NCCCCc3noc(CC(CC(=O)O)c4ccc5c(c4)OCO5)n3)c2)CC1. The molecule has 1 atom stereocenters. The summed E-state index contributed by atoms with van der Waals surface area (Å²) in [5, 5.41) is 16.9. The zero-order valence-corrected chi connectivity index (χ0v) is 21.6. The molecule has 0 saturated carbocycles. The van der Waals surface area contributed by atoms with Gasteiger partial charge >= 0.3 is 5.97 Å². The van der Waals surface area contributed by atoms with E-state index in [2.05, 4.69) is 49.4 Å². The maximum atomic E-state index is 11.5. The van der Waals surface area contributed by atoms with Gasteiger partial charge in [0, 0.05) is 69.4 Å². The average Bonchev–Trinajstić information content (AvgIpc) is 3.57. The number of piperazine rings is 1. The monoisotopic (exact) mass is 522 g/mol. The van der Waals surface area contributed by atoms with Gasteiger partial charge in [-0.3, -0.25) is 4.79 Å². The summed E-state index contributed by atoms with van der Waals surface area (Å²) < 4.78 is 16.3. The van der Waals surface area contributed by atoms with Gasteiger partial charge in [-0.15, -0.1) is 0 Å². The Morgan fingerprint density at radius 1 is 1.11 bits per heavy atom. The molecule has 1 fully saturated rings. The summed E-state index contributed by atoms with van der Waals surface area (Å²) >= 11 is 0. The lowest BCUT2D eigenvalue weighted by Crippen LogP contribution is -2.44. The van der Waals surface area contributed by atoms with Crippen LogP contribution in [0.1, 0.15) is 42.5 Å². The number of ether oxygens (including phenoxy) is 2. The number of aryl methyl sites for hydroxylation is 1. The minimum atomic E-state index is -0.886. The van der Waals surface area contributed by atoms with E-state index in [0.717, 1.165) is 56.9 Å². The highest BCUT2D eigenvalue weighted by Crippen LogP contribution is 2.36. The van der Waals surface area contributed by atoms with Crippen molar-refractivity contribution in [3.8, 4) is 11.5 Å². The highest BCUT2D eigenvalue weighted by atomic mass is 16.7. The number of fused-ring (bicyclic) bond motifs is 1. The molecule has 202 valence electrons. The Morgan fingerprint density at radius 2 is 1.95 bits per heavy atom. The van der Waals surface area contributed by atoms with Crippen molar-refractivity contribution in [1.82, 2.24) is 20.0 Å². The summed E-state index contributed by atoms with van der Waals surface area (Å²) in [6.07, 6.45) is 4.67. The van der Waals surface area contributed by atoms with Crippen molar-refractivity contribution in [1.29, 1.82) is 0 Å². The van der Waals surface area contributed by atoms with Crippen LogP contribution in [0.15, 0.2) is 41.1 Å². The molecule has 2 N–H and O–H groups in total. The van der Waals surface area contributed by atoms with Crippen LogP contribution >= 0.6 is 0 Å². The molecule has 0 radical (unpaired) electrons. The van der Waals surface area contributed by atoms with E-state index < -0.39 is 5.97 Å². The minimum Gasteiger partial charge on any atom is -0.481 e. The number of anilines is 2. The Kier molecular flexibility index (Phi) is 8.22. The van der Waals surface area contributed by atoms with E-state index in [9.17, 15) is 9.90 Å². The zero-order chi connectivity index (χ0) is 26.3. The lowest BCUT2D eigenvalue weighted by atomic mass is 9.92. The number of nitrogens with one attached hydrogen (secondary N) is 1. The van der Waals surface area contributed by atoms with Crippen LogP contribution in [-0.4, -0.2) is 77.7 Å². The fraction of sp³-hybridized carbons (Fsp3) is 0.481. The van der Waals surface area contributed by atoms with Gasteiger partial charge in [-0.05, 0) is 43.7 Å². The molecule has 2 aliphatic rings. The van der Waals surface area contributed by atoms with Crippen LogP contribution < -0.4 is 19.7 Å². The van der Waals surface area contributed by atoms with Crippen LogP contribution in [0.25, 0.3) is 0 Å². The third-order valence-corrected chi connectivity index (χ3v) is 6.97.